The quantitative estimate of drug-likeness (QED) is 0.130. The lowest BCUT2D eigenvalue weighted by molar-refractivity contribution is -0.130. The van der Waals surface area contributed by atoms with Crippen molar-refractivity contribution in [1.29, 1.82) is 0 Å². The predicted molar refractivity (Wildman–Crippen MR) is 193 cm³/mol. The van der Waals surface area contributed by atoms with Gasteiger partial charge in [-0.25, -0.2) is 4.79 Å². The van der Waals surface area contributed by atoms with Crippen molar-refractivity contribution in [2.75, 3.05) is 0 Å². The molecule has 3 aromatic heterocycles. The van der Waals surface area contributed by atoms with Crippen molar-refractivity contribution in [3.05, 3.63) is 168 Å². The van der Waals surface area contributed by atoms with Crippen LogP contribution in [0.3, 0.4) is 0 Å². The van der Waals surface area contributed by atoms with E-state index in [9.17, 15) is 9.90 Å². The minimum absolute atomic E-state index is 0.118. The predicted octanol–water partition coefficient (Wildman–Crippen LogP) is 9.93. The van der Waals surface area contributed by atoms with E-state index < -0.39 is 5.97 Å². The SMILES string of the molecule is O=C(O)/C(=C/c1sc2cc(OCc3ccccc3)c(OCc3ccccc3)cc2c1Oc1ccc(-c2ccncc2)cc1)c1ccncc1. The molecular weight excluding hydrogens is 633 g/mol. The lowest BCUT2D eigenvalue weighted by Gasteiger charge is -2.14. The average Bonchev–Trinajstić information content (AvgIpc) is 3.48. The van der Waals surface area contributed by atoms with Gasteiger partial charge in [0.15, 0.2) is 17.2 Å². The van der Waals surface area contributed by atoms with Crippen LogP contribution in [0, 0.1) is 0 Å². The normalized spacial score (nSPS) is 11.3. The fourth-order valence-electron chi connectivity index (χ4n) is 5.31. The molecule has 7 aromatic rings. The van der Waals surface area contributed by atoms with Gasteiger partial charge in [0, 0.05) is 40.9 Å². The summed E-state index contributed by atoms with van der Waals surface area (Å²) in [5.74, 6) is 1.18. The first-order valence-corrected chi connectivity index (χ1v) is 16.4. The maximum absolute atomic E-state index is 12.5. The molecule has 3 heterocycles. The number of benzene rings is 4. The molecule has 1 N–H and O–H groups in total. The third-order valence-electron chi connectivity index (χ3n) is 7.79. The van der Waals surface area contributed by atoms with E-state index in [-0.39, 0.29) is 5.57 Å². The molecule has 4 aromatic carbocycles. The van der Waals surface area contributed by atoms with Crippen molar-refractivity contribution < 1.29 is 24.1 Å². The first kappa shape index (κ1) is 31.4. The number of carbonyl (C=O) groups is 1. The van der Waals surface area contributed by atoms with Gasteiger partial charge in [-0.1, -0.05) is 72.8 Å². The Kier molecular flexibility index (Phi) is 9.39. The molecular formula is C41H30N2O5S. The van der Waals surface area contributed by atoms with Crippen molar-refractivity contribution in [1.82, 2.24) is 9.97 Å². The van der Waals surface area contributed by atoms with E-state index in [2.05, 4.69) is 9.97 Å². The first-order valence-electron chi connectivity index (χ1n) is 15.6. The second-order valence-electron chi connectivity index (χ2n) is 11.1. The van der Waals surface area contributed by atoms with Gasteiger partial charge in [0.05, 0.1) is 10.5 Å². The van der Waals surface area contributed by atoms with E-state index in [0.29, 0.717) is 46.7 Å². The Labute approximate surface area is 287 Å². The third kappa shape index (κ3) is 7.51. The van der Waals surface area contributed by atoms with E-state index >= 15 is 0 Å². The minimum Gasteiger partial charge on any atom is -0.485 e. The molecule has 0 aliphatic heterocycles. The highest BCUT2D eigenvalue weighted by atomic mass is 32.1. The molecule has 0 radical (unpaired) electrons. The highest BCUT2D eigenvalue weighted by molar-refractivity contribution is 7.20. The summed E-state index contributed by atoms with van der Waals surface area (Å²) in [4.78, 5) is 21.3. The van der Waals surface area contributed by atoms with Gasteiger partial charge in [-0.05, 0) is 76.4 Å². The number of ether oxygens (including phenoxy) is 3. The number of fused-ring (bicyclic) bond motifs is 1. The van der Waals surface area contributed by atoms with Crippen LogP contribution in [0.2, 0.25) is 0 Å². The van der Waals surface area contributed by atoms with Crippen LogP contribution in [0.1, 0.15) is 21.6 Å². The van der Waals surface area contributed by atoms with Crippen LogP contribution in [-0.4, -0.2) is 21.0 Å². The van der Waals surface area contributed by atoms with E-state index in [0.717, 1.165) is 32.3 Å². The zero-order chi connectivity index (χ0) is 33.4. The molecule has 0 atom stereocenters. The number of rotatable bonds is 12. The molecule has 0 aliphatic carbocycles. The molecule has 0 saturated heterocycles. The summed E-state index contributed by atoms with van der Waals surface area (Å²) in [5, 5.41) is 11.0. The van der Waals surface area contributed by atoms with E-state index in [1.54, 1.807) is 43.0 Å². The number of nitrogens with zero attached hydrogens (tertiary/aromatic N) is 2. The third-order valence-corrected chi connectivity index (χ3v) is 8.87. The van der Waals surface area contributed by atoms with Crippen LogP contribution in [0.5, 0.6) is 23.0 Å². The average molecular weight is 663 g/mol. The number of carboxylic acids is 1. The standard InChI is InChI=1S/C41H30N2O5S/c44-41(45)34(32-17-21-43-22-18-32)24-39-40(48-33-13-11-30(12-14-33)31-15-19-42-20-16-31)35-23-36(46-26-28-7-3-1-4-8-28)37(25-38(35)49-39)47-27-29-9-5-2-6-10-29/h1-25H,26-27H2,(H,44,45)/b34-24+. The monoisotopic (exact) mass is 662 g/mol. The number of aliphatic carboxylic acids is 1. The first-order chi connectivity index (χ1) is 24.1. The molecule has 240 valence electrons. The van der Waals surface area contributed by atoms with Crippen LogP contribution in [0.15, 0.2) is 146 Å². The van der Waals surface area contributed by atoms with Crippen molar-refractivity contribution >= 4 is 39.0 Å². The summed E-state index contributed by atoms with van der Waals surface area (Å²) in [6, 6.07) is 38.7. The minimum atomic E-state index is -1.06. The van der Waals surface area contributed by atoms with Crippen LogP contribution in [0.4, 0.5) is 0 Å². The van der Waals surface area contributed by atoms with Crippen LogP contribution < -0.4 is 14.2 Å². The second-order valence-corrected chi connectivity index (χ2v) is 12.2. The van der Waals surface area contributed by atoms with Crippen molar-refractivity contribution in [2.24, 2.45) is 0 Å². The maximum atomic E-state index is 12.5. The fraction of sp³-hybridized carbons (Fsp3) is 0.0488. The molecule has 0 spiro atoms. The van der Waals surface area contributed by atoms with Crippen LogP contribution >= 0.6 is 11.3 Å². The summed E-state index contributed by atoms with van der Waals surface area (Å²) < 4.78 is 20.2. The number of hydrogen-bond donors (Lipinski definition) is 1. The van der Waals surface area contributed by atoms with Gasteiger partial charge in [0.25, 0.3) is 0 Å². The van der Waals surface area contributed by atoms with E-state index in [4.69, 9.17) is 14.2 Å². The number of thiophene rings is 1. The number of aromatic nitrogens is 2. The molecule has 0 amide bonds. The van der Waals surface area contributed by atoms with Gasteiger partial charge in [0.1, 0.15) is 19.0 Å². The van der Waals surface area contributed by atoms with Gasteiger partial charge < -0.3 is 19.3 Å². The summed E-state index contributed by atoms with van der Waals surface area (Å²) in [6.45, 7) is 0.688. The zero-order valence-corrected chi connectivity index (χ0v) is 27.0. The summed E-state index contributed by atoms with van der Waals surface area (Å²) in [6.07, 6.45) is 8.32. The smallest absolute Gasteiger partial charge is 0.336 e. The molecule has 8 heteroatoms. The van der Waals surface area contributed by atoms with Gasteiger partial charge in [0.2, 0.25) is 0 Å². The van der Waals surface area contributed by atoms with E-state index in [1.807, 2.05) is 109 Å². The molecule has 7 nitrogen and oxygen atoms in total. The zero-order valence-electron chi connectivity index (χ0n) is 26.2. The highest BCUT2D eigenvalue weighted by Crippen LogP contribution is 2.47. The Morgan fingerprint density at radius 3 is 1.82 bits per heavy atom. The Bertz CT molecular complexity index is 2200. The Balaban J connectivity index is 1.33. The van der Waals surface area contributed by atoms with Gasteiger partial charge in [-0.3, -0.25) is 9.97 Å². The summed E-state index contributed by atoms with van der Waals surface area (Å²) in [7, 11) is 0. The lowest BCUT2D eigenvalue weighted by Crippen LogP contribution is -2.00. The van der Waals surface area contributed by atoms with Crippen molar-refractivity contribution in [3.8, 4) is 34.1 Å². The number of hydrogen-bond acceptors (Lipinski definition) is 7. The van der Waals surface area contributed by atoms with E-state index in [1.165, 1.54) is 11.3 Å². The van der Waals surface area contributed by atoms with Crippen LogP contribution in [-0.2, 0) is 18.0 Å². The van der Waals surface area contributed by atoms with Gasteiger partial charge >= 0.3 is 5.97 Å². The van der Waals surface area contributed by atoms with Gasteiger partial charge in [-0.15, -0.1) is 11.3 Å². The molecule has 49 heavy (non-hydrogen) atoms. The largest absolute Gasteiger partial charge is 0.485 e. The summed E-state index contributed by atoms with van der Waals surface area (Å²) in [5.41, 5.74) is 4.75. The van der Waals surface area contributed by atoms with Gasteiger partial charge in [-0.2, -0.15) is 0 Å². The van der Waals surface area contributed by atoms with Crippen molar-refractivity contribution in [3.63, 3.8) is 0 Å². The van der Waals surface area contributed by atoms with Crippen LogP contribution in [0.25, 0.3) is 32.9 Å². The van der Waals surface area contributed by atoms with Crippen molar-refractivity contribution in [2.45, 2.75) is 13.2 Å². The number of pyridine rings is 2. The molecule has 7 rings (SSSR count). The molecule has 0 saturated carbocycles. The Morgan fingerprint density at radius 1 is 0.673 bits per heavy atom. The molecule has 0 unspecified atom stereocenters. The molecule has 0 aliphatic rings. The Morgan fingerprint density at radius 2 is 1.22 bits per heavy atom. The molecule has 0 bridgehead atoms. The lowest BCUT2D eigenvalue weighted by atomic mass is 10.1. The second kappa shape index (κ2) is 14.7. The fourth-order valence-corrected chi connectivity index (χ4v) is 6.39. The number of carboxylic acid groups (broad SMARTS) is 1. The summed E-state index contributed by atoms with van der Waals surface area (Å²) >= 11 is 1.42. The topological polar surface area (TPSA) is 90.8 Å². The Hall–Kier alpha value is -6.25. The molecule has 0 fully saturated rings. The maximum Gasteiger partial charge on any atom is 0.336 e. The highest BCUT2D eigenvalue weighted by Gasteiger charge is 2.21.